The quantitative estimate of drug-likeness (QED) is 0.787. The van der Waals surface area contributed by atoms with Crippen LogP contribution in [0.4, 0.5) is 0 Å². The molecular weight excluding hydrogens is 228 g/mol. The summed E-state index contributed by atoms with van der Waals surface area (Å²) in [6, 6.07) is 6.04. The minimum atomic E-state index is -0.0280. The molecule has 5 heteroatoms. The van der Waals surface area contributed by atoms with Gasteiger partial charge in [0.15, 0.2) is 5.69 Å². The molecule has 1 atom stereocenters. The van der Waals surface area contributed by atoms with Crippen molar-refractivity contribution in [1.82, 2.24) is 15.1 Å². The van der Waals surface area contributed by atoms with Crippen molar-refractivity contribution in [2.24, 2.45) is 5.73 Å². The number of aryl methyl sites for hydroxylation is 1. The lowest BCUT2D eigenvalue weighted by molar-refractivity contribution is 0.0787. The second-order valence-electron chi connectivity index (χ2n) is 4.92. The molecule has 18 heavy (non-hydrogen) atoms. The Bertz CT molecular complexity index is 604. The lowest BCUT2D eigenvalue weighted by Crippen LogP contribution is -2.32. The van der Waals surface area contributed by atoms with E-state index < -0.39 is 0 Å². The summed E-state index contributed by atoms with van der Waals surface area (Å²) in [5.74, 6) is -0.0280. The van der Waals surface area contributed by atoms with Crippen molar-refractivity contribution in [1.29, 1.82) is 0 Å². The number of nitrogens with zero attached hydrogens (tertiary/aromatic N) is 2. The summed E-state index contributed by atoms with van der Waals surface area (Å²) >= 11 is 0. The number of hydrogen-bond donors (Lipinski definition) is 2. The molecule has 1 saturated heterocycles. The Morgan fingerprint density at radius 3 is 3.11 bits per heavy atom. The van der Waals surface area contributed by atoms with Crippen LogP contribution in [0.25, 0.3) is 10.9 Å². The Kier molecular flexibility index (Phi) is 2.56. The third-order valence-corrected chi connectivity index (χ3v) is 3.43. The van der Waals surface area contributed by atoms with Gasteiger partial charge in [-0.3, -0.25) is 9.89 Å². The molecule has 0 aliphatic carbocycles. The largest absolute Gasteiger partial charge is 0.336 e. The Labute approximate surface area is 105 Å². The summed E-state index contributed by atoms with van der Waals surface area (Å²) in [5, 5.41) is 7.94. The number of nitrogens with one attached hydrogen (secondary N) is 1. The van der Waals surface area contributed by atoms with E-state index in [1.165, 1.54) is 0 Å². The molecule has 1 aliphatic rings. The zero-order chi connectivity index (χ0) is 12.7. The smallest absolute Gasteiger partial charge is 0.275 e. The highest BCUT2D eigenvalue weighted by atomic mass is 16.2. The van der Waals surface area contributed by atoms with Gasteiger partial charge in [-0.25, -0.2) is 0 Å². The predicted octanol–water partition coefficient (Wildman–Crippen LogP) is 1.04. The molecule has 1 fully saturated rings. The topological polar surface area (TPSA) is 75.0 Å². The molecule has 0 radical (unpaired) electrons. The van der Waals surface area contributed by atoms with Crippen molar-refractivity contribution in [2.75, 3.05) is 13.1 Å². The van der Waals surface area contributed by atoms with E-state index in [-0.39, 0.29) is 11.9 Å². The van der Waals surface area contributed by atoms with Gasteiger partial charge in [0.25, 0.3) is 5.91 Å². The number of likely N-dealkylation sites (tertiary alicyclic amines) is 1. The molecule has 1 aromatic carbocycles. The van der Waals surface area contributed by atoms with Gasteiger partial charge in [0.1, 0.15) is 0 Å². The van der Waals surface area contributed by atoms with Gasteiger partial charge in [0, 0.05) is 24.5 Å². The van der Waals surface area contributed by atoms with E-state index >= 15 is 0 Å². The zero-order valence-electron chi connectivity index (χ0n) is 10.3. The number of aromatic nitrogens is 2. The van der Waals surface area contributed by atoms with E-state index in [9.17, 15) is 4.79 Å². The van der Waals surface area contributed by atoms with E-state index in [0.717, 1.165) is 29.4 Å². The van der Waals surface area contributed by atoms with Gasteiger partial charge in [0.05, 0.1) is 5.52 Å². The number of nitrogens with two attached hydrogens (primary N) is 1. The first-order chi connectivity index (χ1) is 8.65. The molecule has 3 rings (SSSR count). The van der Waals surface area contributed by atoms with Gasteiger partial charge in [-0.2, -0.15) is 5.10 Å². The molecule has 1 amide bonds. The van der Waals surface area contributed by atoms with E-state index in [1.807, 2.05) is 25.1 Å². The number of benzene rings is 1. The Balaban J connectivity index is 1.99. The predicted molar refractivity (Wildman–Crippen MR) is 69.3 cm³/mol. The lowest BCUT2D eigenvalue weighted by atomic mass is 10.1. The SMILES string of the molecule is Cc1ccc2[nH]nc(C(=O)N3CC[C@H](N)C3)c2c1. The second kappa shape index (κ2) is 4.10. The fourth-order valence-electron chi connectivity index (χ4n) is 2.41. The highest BCUT2D eigenvalue weighted by molar-refractivity contribution is 6.04. The van der Waals surface area contributed by atoms with Gasteiger partial charge in [-0.05, 0) is 25.5 Å². The van der Waals surface area contributed by atoms with E-state index in [4.69, 9.17) is 5.73 Å². The molecule has 1 aromatic heterocycles. The molecule has 2 aromatic rings. The molecule has 0 saturated carbocycles. The summed E-state index contributed by atoms with van der Waals surface area (Å²) in [4.78, 5) is 14.1. The molecule has 1 aliphatic heterocycles. The van der Waals surface area contributed by atoms with Crippen LogP contribution in [-0.2, 0) is 0 Å². The fourth-order valence-corrected chi connectivity index (χ4v) is 2.41. The summed E-state index contributed by atoms with van der Waals surface area (Å²) in [7, 11) is 0. The van der Waals surface area contributed by atoms with Crippen LogP contribution in [0.5, 0.6) is 0 Å². The number of carbonyl (C=O) groups is 1. The number of aromatic amines is 1. The average Bonchev–Trinajstić information content (AvgIpc) is 2.94. The van der Waals surface area contributed by atoms with Crippen LogP contribution in [0.15, 0.2) is 18.2 Å². The van der Waals surface area contributed by atoms with Crippen molar-refractivity contribution in [3.63, 3.8) is 0 Å². The Hall–Kier alpha value is -1.88. The minimum absolute atomic E-state index is 0.0280. The van der Waals surface area contributed by atoms with Gasteiger partial charge in [-0.1, -0.05) is 11.6 Å². The summed E-state index contributed by atoms with van der Waals surface area (Å²) in [5.41, 5.74) is 8.35. The molecule has 5 nitrogen and oxygen atoms in total. The van der Waals surface area contributed by atoms with E-state index in [1.54, 1.807) is 4.90 Å². The Morgan fingerprint density at radius 1 is 1.56 bits per heavy atom. The van der Waals surface area contributed by atoms with Gasteiger partial charge >= 0.3 is 0 Å². The van der Waals surface area contributed by atoms with Gasteiger partial charge < -0.3 is 10.6 Å². The third kappa shape index (κ3) is 1.76. The highest BCUT2D eigenvalue weighted by Crippen LogP contribution is 2.20. The van der Waals surface area contributed by atoms with Gasteiger partial charge in [-0.15, -0.1) is 0 Å². The van der Waals surface area contributed by atoms with Crippen LogP contribution in [0.2, 0.25) is 0 Å². The van der Waals surface area contributed by atoms with E-state index in [0.29, 0.717) is 12.2 Å². The molecule has 94 valence electrons. The second-order valence-corrected chi connectivity index (χ2v) is 4.92. The monoisotopic (exact) mass is 244 g/mol. The number of carbonyl (C=O) groups excluding carboxylic acids is 1. The van der Waals surface area contributed by atoms with Crippen LogP contribution in [0.3, 0.4) is 0 Å². The summed E-state index contributed by atoms with van der Waals surface area (Å²) < 4.78 is 0. The van der Waals surface area contributed by atoms with Crippen molar-refractivity contribution in [3.8, 4) is 0 Å². The fraction of sp³-hybridized carbons (Fsp3) is 0.385. The molecule has 0 bridgehead atoms. The molecular formula is C13H16N4O. The summed E-state index contributed by atoms with van der Waals surface area (Å²) in [6.45, 7) is 3.35. The number of amides is 1. The van der Waals surface area contributed by atoms with Crippen molar-refractivity contribution >= 4 is 16.8 Å². The van der Waals surface area contributed by atoms with Crippen LogP contribution < -0.4 is 5.73 Å². The van der Waals surface area contributed by atoms with Crippen LogP contribution in [0.1, 0.15) is 22.5 Å². The maximum atomic E-state index is 12.4. The standard InChI is InChI=1S/C13H16N4O/c1-8-2-3-11-10(6-8)12(16-15-11)13(18)17-5-4-9(14)7-17/h2-3,6,9H,4-5,7,14H2,1H3,(H,15,16)/t9-/m0/s1. The van der Waals surface area contributed by atoms with Crippen LogP contribution in [-0.4, -0.2) is 40.1 Å². The molecule has 3 N–H and O–H groups in total. The molecule has 2 heterocycles. The normalized spacial score (nSPS) is 19.7. The van der Waals surface area contributed by atoms with E-state index in [2.05, 4.69) is 10.2 Å². The van der Waals surface area contributed by atoms with Crippen molar-refractivity contribution in [2.45, 2.75) is 19.4 Å². The first-order valence-electron chi connectivity index (χ1n) is 6.15. The highest BCUT2D eigenvalue weighted by Gasteiger charge is 2.27. The first-order valence-corrected chi connectivity index (χ1v) is 6.15. The first kappa shape index (κ1) is 11.2. The maximum absolute atomic E-state index is 12.4. The lowest BCUT2D eigenvalue weighted by Gasteiger charge is -2.14. The van der Waals surface area contributed by atoms with Crippen molar-refractivity contribution in [3.05, 3.63) is 29.5 Å². The number of fused-ring (bicyclic) bond motifs is 1. The number of rotatable bonds is 1. The summed E-state index contributed by atoms with van der Waals surface area (Å²) in [6.07, 6.45) is 0.868. The minimum Gasteiger partial charge on any atom is -0.336 e. The zero-order valence-corrected chi connectivity index (χ0v) is 10.3. The number of hydrogen-bond acceptors (Lipinski definition) is 3. The van der Waals surface area contributed by atoms with Crippen LogP contribution >= 0.6 is 0 Å². The number of H-pyrrole nitrogens is 1. The van der Waals surface area contributed by atoms with Crippen molar-refractivity contribution < 1.29 is 4.79 Å². The maximum Gasteiger partial charge on any atom is 0.275 e. The third-order valence-electron chi connectivity index (χ3n) is 3.43. The molecule has 0 unspecified atom stereocenters. The van der Waals surface area contributed by atoms with Crippen LogP contribution in [0, 0.1) is 6.92 Å². The Morgan fingerprint density at radius 2 is 2.39 bits per heavy atom. The van der Waals surface area contributed by atoms with Gasteiger partial charge in [0.2, 0.25) is 0 Å². The molecule has 0 spiro atoms. The average molecular weight is 244 g/mol.